The number of nitrogens with one attached hydrogen (secondary N) is 2. The third kappa shape index (κ3) is 1.74. The number of nitrogens with zero attached hydrogens (tertiary/aromatic N) is 1. The van der Waals surface area contributed by atoms with Gasteiger partial charge in [0.1, 0.15) is 0 Å². The second kappa shape index (κ2) is 3.01. The van der Waals surface area contributed by atoms with Crippen LogP contribution in [0.15, 0.2) is 18.3 Å². The van der Waals surface area contributed by atoms with E-state index < -0.39 is 0 Å². The van der Waals surface area contributed by atoms with Crippen LogP contribution in [0.25, 0.3) is 0 Å². The number of hydrogen-bond donors (Lipinski definition) is 1. The fourth-order valence-electron chi connectivity index (χ4n) is 1.13. The Balaban J connectivity index is 2.25. The van der Waals surface area contributed by atoms with Gasteiger partial charge < -0.3 is 0 Å². The molecule has 13 heavy (non-hydrogen) atoms. The van der Waals surface area contributed by atoms with Crippen molar-refractivity contribution in [3.05, 3.63) is 28.4 Å². The molecule has 1 aromatic rings. The fraction of sp³-hybridized carbons (Fsp3) is 0.375. The van der Waals surface area contributed by atoms with Crippen LogP contribution < -0.4 is 10.3 Å². The van der Waals surface area contributed by atoms with Gasteiger partial charge in [0, 0.05) is 6.07 Å². The van der Waals surface area contributed by atoms with E-state index in [9.17, 15) is 10.1 Å². The van der Waals surface area contributed by atoms with Crippen LogP contribution in [0.5, 0.6) is 0 Å². The molecule has 0 atom stereocenters. The van der Waals surface area contributed by atoms with Crippen molar-refractivity contribution < 1.29 is 9.91 Å². The lowest BCUT2D eigenvalue weighted by molar-refractivity contribution is -0.409. The van der Waals surface area contributed by atoms with Crippen LogP contribution in [0.1, 0.15) is 12.8 Å². The predicted molar refractivity (Wildman–Crippen MR) is 46.3 cm³/mol. The van der Waals surface area contributed by atoms with Crippen LogP contribution in [-0.2, 0) is 0 Å². The average molecular weight is 180 g/mol. The van der Waals surface area contributed by atoms with Gasteiger partial charge in [0.25, 0.3) is 0 Å². The Morgan fingerprint density at radius 1 is 1.62 bits per heavy atom. The van der Waals surface area contributed by atoms with Crippen molar-refractivity contribution in [3.8, 4) is 0 Å². The van der Waals surface area contributed by atoms with Crippen molar-refractivity contribution in [3.63, 3.8) is 0 Å². The SMILES string of the molecule is O=[N+]([O-])c1ccc[nH+]c1NC1CC1. The molecule has 0 aliphatic heterocycles. The molecule has 2 N–H and O–H groups in total. The standard InChI is InChI=1S/C8H9N3O2/c12-11(13)7-2-1-5-9-8(7)10-6-3-4-6/h1-2,5-6H,3-4H2,(H,9,10)/p+1. The molecule has 1 aliphatic carbocycles. The van der Waals surface area contributed by atoms with Crippen LogP contribution in [0.3, 0.4) is 0 Å². The number of aromatic amines is 1. The maximum atomic E-state index is 10.6. The van der Waals surface area contributed by atoms with Gasteiger partial charge in [-0.25, -0.2) is 4.98 Å². The quantitative estimate of drug-likeness (QED) is 0.556. The van der Waals surface area contributed by atoms with Crippen LogP contribution >= 0.6 is 0 Å². The Morgan fingerprint density at radius 2 is 2.38 bits per heavy atom. The van der Waals surface area contributed by atoms with E-state index >= 15 is 0 Å². The molecule has 0 spiro atoms. The Hall–Kier alpha value is -1.65. The molecule has 1 aromatic heterocycles. The van der Waals surface area contributed by atoms with E-state index in [1.165, 1.54) is 6.07 Å². The average Bonchev–Trinajstić information content (AvgIpc) is 2.89. The summed E-state index contributed by atoms with van der Waals surface area (Å²) in [5, 5.41) is 13.6. The molecule has 0 unspecified atom stereocenters. The van der Waals surface area contributed by atoms with E-state index in [0.717, 1.165) is 12.8 Å². The van der Waals surface area contributed by atoms with Gasteiger partial charge in [-0.15, -0.1) is 0 Å². The molecular weight excluding hydrogens is 170 g/mol. The van der Waals surface area contributed by atoms with Gasteiger partial charge in [0.05, 0.1) is 17.2 Å². The van der Waals surface area contributed by atoms with E-state index in [1.54, 1.807) is 12.3 Å². The first-order valence-electron chi connectivity index (χ1n) is 4.19. The van der Waals surface area contributed by atoms with Gasteiger partial charge in [-0.2, -0.15) is 0 Å². The molecule has 1 aliphatic rings. The lowest BCUT2D eigenvalue weighted by Gasteiger charge is -1.95. The van der Waals surface area contributed by atoms with Gasteiger partial charge >= 0.3 is 11.5 Å². The molecule has 0 radical (unpaired) electrons. The third-order valence-electron chi connectivity index (χ3n) is 1.96. The third-order valence-corrected chi connectivity index (χ3v) is 1.96. The first-order valence-corrected chi connectivity index (χ1v) is 4.19. The second-order valence-corrected chi connectivity index (χ2v) is 3.11. The van der Waals surface area contributed by atoms with Crippen LogP contribution in [-0.4, -0.2) is 11.0 Å². The summed E-state index contributed by atoms with van der Waals surface area (Å²) in [4.78, 5) is 13.0. The number of hydrogen-bond acceptors (Lipinski definition) is 3. The Kier molecular flexibility index (Phi) is 1.84. The summed E-state index contributed by atoms with van der Waals surface area (Å²) >= 11 is 0. The summed E-state index contributed by atoms with van der Waals surface area (Å²) in [6.45, 7) is 0. The molecule has 1 fully saturated rings. The highest BCUT2D eigenvalue weighted by atomic mass is 16.6. The molecule has 0 amide bonds. The van der Waals surface area contributed by atoms with E-state index in [1.807, 2.05) is 0 Å². The van der Waals surface area contributed by atoms with Crippen molar-refractivity contribution in [2.75, 3.05) is 5.32 Å². The fourth-order valence-corrected chi connectivity index (χ4v) is 1.13. The number of pyridine rings is 1. The van der Waals surface area contributed by atoms with Gasteiger partial charge in [0.2, 0.25) is 0 Å². The zero-order valence-electron chi connectivity index (χ0n) is 6.99. The first kappa shape index (κ1) is 7.97. The summed E-state index contributed by atoms with van der Waals surface area (Å²) in [6.07, 6.45) is 3.87. The Labute approximate surface area is 74.9 Å². The minimum absolute atomic E-state index is 0.106. The molecule has 68 valence electrons. The van der Waals surface area contributed by atoms with Gasteiger partial charge in [-0.1, -0.05) is 0 Å². The summed E-state index contributed by atoms with van der Waals surface area (Å²) in [5.74, 6) is 0.509. The van der Waals surface area contributed by atoms with Crippen molar-refractivity contribution in [1.82, 2.24) is 0 Å². The molecule has 1 saturated carbocycles. The van der Waals surface area contributed by atoms with Crippen LogP contribution in [0, 0.1) is 10.1 Å². The number of H-pyrrole nitrogens is 1. The first-order chi connectivity index (χ1) is 6.27. The monoisotopic (exact) mass is 180 g/mol. The highest BCUT2D eigenvalue weighted by Crippen LogP contribution is 2.26. The number of aromatic nitrogens is 1. The van der Waals surface area contributed by atoms with Crippen molar-refractivity contribution >= 4 is 11.5 Å². The Morgan fingerprint density at radius 3 is 3.00 bits per heavy atom. The number of anilines is 1. The lowest BCUT2D eigenvalue weighted by atomic mass is 10.4. The molecule has 0 aromatic carbocycles. The van der Waals surface area contributed by atoms with Gasteiger partial charge in [-0.05, 0) is 18.9 Å². The van der Waals surface area contributed by atoms with E-state index in [2.05, 4.69) is 10.3 Å². The van der Waals surface area contributed by atoms with Crippen molar-refractivity contribution in [1.29, 1.82) is 0 Å². The predicted octanol–water partition coefficient (Wildman–Crippen LogP) is 0.983. The smallest absolute Gasteiger partial charge is 0.266 e. The zero-order valence-corrected chi connectivity index (χ0v) is 6.99. The minimum Gasteiger partial charge on any atom is -0.266 e. The minimum atomic E-state index is -0.388. The molecule has 0 bridgehead atoms. The lowest BCUT2D eigenvalue weighted by Crippen LogP contribution is -2.15. The van der Waals surface area contributed by atoms with Crippen LogP contribution in [0.4, 0.5) is 11.5 Å². The highest BCUT2D eigenvalue weighted by molar-refractivity contribution is 5.51. The largest absolute Gasteiger partial charge is 0.357 e. The molecular formula is C8H10N3O2+. The number of rotatable bonds is 3. The summed E-state index contributed by atoms with van der Waals surface area (Å²) in [6, 6.07) is 3.52. The number of nitro groups is 1. The van der Waals surface area contributed by atoms with Crippen molar-refractivity contribution in [2.24, 2.45) is 0 Å². The maximum Gasteiger partial charge on any atom is 0.357 e. The molecule has 5 nitrogen and oxygen atoms in total. The van der Waals surface area contributed by atoms with Crippen molar-refractivity contribution in [2.45, 2.75) is 18.9 Å². The zero-order chi connectivity index (χ0) is 9.26. The van der Waals surface area contributed by atoms with E-state index in [0.29, 0.717) is 11.9 Å². The topological polar surface area (TPSA) is 69.3 Å². The normalized spacial score (nSPS) is 15.4. The summed E-state index contributed by atoms with van der Waals surface area (Å²) in [5.41, 5.74) is 0.106. The molecule has 5 heteroatoms. The van der Waals surface area contributed by atoms with E-state index in [-0.39, 0.29) is 10.6 Å². The van der Waals surface area contributed by atoms with Gasteiger partial charge in [0.15, 0.2) is 0 Å². The highest BCUT2D eigenvalue weighted by Gasteiger charge is 2.30. The van der Waals surface area contributed by atoms with Gasteiger partial charge in [-0.3, -0.25) is 15.4 Å². The summed E-state index contributed by atoms with van der Waals surface area (Å²) < 4.78 is 0. The maximum absolute atomic E-state index is 10.6. The Bertz CT molecular complexity index is 336. The molecule has 1 heterocycles. The van der Waals surface area contributed by atoms with Crippen LogP contribution in [0.2, 0.25) is 0 Å². The molecule has 2 rings (SSSR count). The molecule has 0 saturated heterocycles. The summed E-state index contributed by atoms with van der Waals surface area (Å²) in [7, 11) is 0. The second-order valence-electron chi connectivity index (χ2n) is 3.11. The van der Waals surface area contributed by atoms with E-state index in [4.69, 9.17) is 0 Å².